The SMILES string of the molecule is COc1ccccc1NC(=O)C[C@@H]1Oc2ccccc2NC1=O. The van der Waals surface area contributed by atoms with Gasteiger partial charge < -0.3 is 20.1 Å². The maximum atomic E-state index is 12.2. The van der Waals surface area contributed by atoms with Gasteiger partial charge in [0.15, 0.2) is 6.10 Å². The molecule has 1 atom stereocenters. The summed E-state index contributed by atoms with van der Waals surface area (Å²) in [5.41, 5.74) is 1.16. The maximum Gasteiger partial charge on any atom is 0.266 e. The van der Waals surface area contributed by atoms with E-state index in [-0.39, 0.29) is 18.2 Å². The Bertz CT molecular complexity index is 745. The van der Waals surface area contributed by atoms with Gasteiger partial charge in [-0.15, -0.1) is 0 Å². The molecule has 1 heterocycles. The molecule has 1 aliphatic rings. The summed E-state index contributed by atoms with van der Waals surface area (Å²) >= 11 is 0. The van der Waals surface area contributed by atoms with Crippen LogP contribution in [0.25, 0.3) is 0 Å². The van der Waals surface area contributed by atoms with Crippen molar-refractivity contribution in [3.63, 3.8) is 0 Å². The number of amides is 2. The number of para-hydroxylation sites is 4. The molecule has 0 spiro atoms. The number of rotatable bonds is 4. The van der Waals surface area contributed by atoms with Gasteiger partial charge in [0.2, 0.25) is 5.91 Å². The lowest BCUT2D eigenvalue weighted by Crippen LogP contribution is -2.39. The van der Waals surface area contributed by atoms with E-state index in [4.69, 9.17) is 9.47 Å². The molecule has 1 aliphatic heterocycles. The van der Waals surface area contributed by atoms with Gasteiger partial charge in [0.1, 0.15) is 11.5 Å². The molecule has 0 unspecified atom stereocenters. The fraction of sp³-hybridized carbons (Fsp3) is 0.176. The summed E-state index contributed by atoms with van der Waals surface area (Å²) in [5, 5.41) is 5.46. The van der Waals surface area contributed by atoms with Gasteiger partial charge in [-0.2, -0.15) is 0 Å². The Balaban J connectivity index is 1.68. The van der Waals surface area contributed by atoms with Crippen LogP contribution in [0.5, 0.6) is 11.5 Å². The number of hydrogen-bond acceptors (Lipinski definition) is 4. The third kappa shape index (κ3) is 3.26. The molecule has 0 saturated carbocycles. The minimum atomic E-state index is -0.861. The van der Waals surface area contributed by atoms with Crippen LogP contribution in [-0.4, -0.2) is 25.0 Å². The van der Waals surface area contributed by atoms with Crippen molar-refractivity contribution in [2.24, 2.45) is 0 Å². The largest absolute Gasteiger partial charge is 0.495 e. The van der Waals surface area contributed by atoms with E-state index in [1.807, 2.05) is 12.1 Å². The highest BCUT2D eigenvalue weighted by atomic mass is 16.5. The van der Waals surface area contributed by atoms with Crippen molar-refractivity contribution in [2.45, 2.75) is 12.5 Å². The Kier molecular flexibility index (Phi) is 4.14. The fourth-order valence-corrected chi connectivity index (χ4v) is 2.34. The number of nitrogens with one attached hydrogen (secondary N) is 2. The molecule has 0 fully saturated rings. The minimum absolute atomic E-state index is 0.0851. The van der Waals surface area contributed by atoms with Crippen LogP contribution in [0.3, 0.4) is 0 Å². The highest BCUT2D eigenvalue weighted by Crippen LogP contribution is 2.30. The molecule has 6 nitrogen and oxygen atoms in total. The first-order valence-corrected chi connectivity index (χ1v) is 7.17. The number of fused-ring (bicyclic) bond motifs is 1. The predicted octanol–water partition coefficient (Wildman–Crippen LogP) is 2.42. The summed E-state index contributed by atoms with van der Waals surface area (Å²) in [6.45, 7) is 0. The van der Waals surface area contributed by atoms with Crippen LogP contribution in [0.15, 0.2) is 48.5 Å². The van der Waals surface area contributed by atoms with E-state index in [2.05, 4.69) is 10.6 Å². The normalized spacial score (nSPS) is 15.9. The van der Waals surface area contributed by atoms with Crippen LogP contribution in [-0.2, 0) is 9.59 Å². The van der Waals surface area contributed by atoms with Gasteiger partial charge in [-0.25, -0.2) is 0 Å². The summed E-state index contributed by atoms with van der Waals surface area (Å²) in [4.78, 5) is 24.2. The van der Waals surface area contributed by atoms with Gasteiger partial charge in [-0.05, 0) is 24.3 Å². The first kappa shape index (κ1) is 14.9. The fourth-order valence-electron chi connectivity index (χ4n) is 2.34. The highest BCUT2D eigenvalue weighted by Gasteiger charge is 2.29. The van der Waals surface area contributed by atoms with Gasteiger partial charge in [0.05, 0.1) is 24.9 Å². The predicted molar refractivity (Wildman–Crippen MR) is 85.7 cm³/mol. The Morgan fingerprint density at radius 2 is 1.96 bits per heavy atom. The molecule has 6 heteroatoms. The summed E-state index contributed by atoms with van der Waals surface area (Å²) < 4.78 is 10.8. The zero-order valence-corrected chi connectivity index (χ0v) is 12.5. The molecule has 0 bridgehead atoms. The van der Waals surface area contributed by atoms with Crippen molar-refractivity contribution < 1.29 is 19.1 Å². The lowest BCUT2D eigenvalue weighted by molar-refractivity contribution is -0.128. The molecule has 0 aliphatic carbocycles. The summed E-state index contributed by atoms with van der Waals surface area (Å²) in [5.74, 6) is 0.454. The molecule has 0 saturated heterocycles. The van der Waals surface area contributed by atoms with Gasteiger partial charge in [-0.3, -0.25) is 9.59 Å². The average molecular weight is 312 g/mol. The van der Waals surface area contributed by atoms with Crippen LogP contribution in [0, 0.1) is 0 Å². The molecule has 2 aromatic carbocycles. The summed E-state index contributed by atoms with van der Waals surface area (Å²) in [6, 6.07) is 14.2. The monoisotopic (exact) mass is 312 g/mol. The first-order valence-electron chi connectivity index (χ1n) is 7.17. The number of hydrogen-bond donors (Lipinski definition) is 2. The van der Waals surface area contributed by atoms with Gasteiger partial charge >= 0.3 is 0 Å². The number of ether oxygens (including phenoxy) is 2. The minimum Gasteiger partial charge on any atom is -0.495 e. The molecule has 2 aromatic rings. The molecule has 23 heavy (non-hydrogen) atoms. The smallest absolute Gasteiger partial charge is 0.266 e. The lowest BCUT2D eigenvalue weighted by atomic mass is 10.1. The van der Waals surface area contributed by atoms with Crippen LogP contribution in [0.1, 0.15) is 6.42 Å². The second-order valence-corrected chi connectivity index (χ2v) is 5.04. The molecule has 2 N–H and O–H groups in total. The van der Waals surface area contributed by atoms with E-state index < -0.39 is 6.10 Å². The van der Waals surface area contributed by atoms with E-state index >= 15 is 0 Å². The molecule has 2 amide bonds. The van der Waals surface area contributed by atoms with Crippen molar-refractivity contribution in [1.29, 1.82) is 0 Å². The van der Waals surface area contributed by atoms with E-state index in [9.17, 15) is 9.59 Å². The highest BCUT2D eigenvalue weighted by molar-refractivity contribution is 6.02. The van der Waals surface area contributed by atoms with Crippen molar-refractivity contribution in [3.05, 3.63) is 48.5 Å². The number of carbonyl (C=O) groups excluding carboxylic acids is 2. The Labute approximate surface area is 133 Å². The number of carbonyl (C=O) groups is 2. The quantitative estimate of drug-likeness (QED) is 0.909. The first-order chi connectivity index (χ1) is 11.2. The lowest BCUT2D eigenvalue weighted by Gasteiger charge is -2.25. The molecular weight excluding hydrogens is 296 g/mol. The van der Waals surface area contributed by atoms with Gasteiger partial charge in [0, 0.05) is 0 Å². The zero-order valence-electron chi connectivity index (χ0n) is 12.5. The van der Waals surface area contributed by atoms with Crippen LogP contribution in [0.4, 0.5) is 11.4 Å². The average Bonchev–Trinajstić information content (AvgIpc) is 2.56. The van der Waals surface area contributed by atoms with Crippen molar-refractivity contribution in [1.82, 2.24) is 0 Å². The molecule has 0 radical (unpaired) electrons. The topological polar surface area (TPSA) is 76.7 Å². The Morgan fingerprint density at radius 1 is 1.22 bits per heavy atom. The second kappa shape index (κ2) is 6.39. The van der Waals surface area contributed by atoms with E-state index in [1.165, 1.54) is 7.11 Å². The van der Waals surface area contributed by atoms with E-state index in [0.29, 0.717) is 22.9 Å². The van der Waals surface area contributed by atoms with Gasteiger partial charge in [-0.1, -0.05) is 24.3 Å². The van der Waals surface area contributed by atoms with Crippen molar-refractivity contribution in [3.8, 4) is 11.5 Å². The molecule has 3 rings (SSSR count). The molecular formula is C17H16N2O4. The van der Waals surface area contributed by atoms with Crippen LogP contribution < -0.4 is 20.1 Å². The molecule has 118 valence electrons. The number of anilines is 2. The summed E-state index contributed by atoms with van der Waals surface area (Å²) in [6.07, 6.45) is -0.947. The van der Waals surface area contributed by atoms with Crippen molar-refractivity contribution in [2.75, 3.05) is 17.7 Å². The van der Waals surface area contributed by atoms with Crippen molar-refractivity contribution >= 4 is 23.2 Å². The number of benzene rings is 2. The second-order valence-electron chi connectivity index (χ2n) is 5.04. The van der Waals surface area contributed by atoms with Crippen LogP contribution in [0.2, 0.25) is 0 Å². The van der Waals surface area contributed by atoms with E-state index in [0.717, 1.165) is 0 Å². The molecule has 0 aromatic heterocycles. The third-order valence-electron chi connectivity index (χ3n) is 3.46. The Hall–Kier alpha value is -3.02. The third-order valence-corrected chi connectivity index (χ3v) is 3.46. The summed E-state index contributed by atoms with van der Waals surface area (Å²) in [7, 11) is 1.53. The maximum absolute atomic E-state index is 12.2. The van der Waals surface area contributed by atoms with Crippen LogP contribution >= 0.6 is 0 Å². The van der Waals surface area contributed by atoms with Gasteiger partial charge in [0.25, 0.3) is 5.91 Å². The zero-order chi connectivity index (χ0) is 16.2. The number of methoxy groups -OCH3 is 1. The Morgan fingerprint density at radius 3 is 2.78 bits per heavy atom. The standard InChI is InChI=1S/C17H16N2O4/c1-22-13-8-4-2-6-11(13)18-16(20)10-15-17(21)19-12-7-3-5-9-14(12)23-15/h2-9,15H,10H2,1H3,(H,18,20)(H,19,21)/t15-/m0/s1. The van der Waals surface area contributed by atoms with E-state index in [1.54, 1.807) is 36.4 Å².